The number of hydrogen-bond acceptors (Lipinski definition) is 11. The number of hydrogen-bond donors (Lipinski definition) is 5. The van der Waals surface area contributed by atoms with E-state index in [0.717, 1.165) is 28.9 Å². The normalized spacial score (nSPS) is 10.8. The molecule has 2 aromatic rings. The third-order valence-corrected chi connectivity index (χ3v) is 4.27. The van der Waals surface area contributed by atoms with E-state index in [9.17, 15) is 19.8 Å². The molecule has 0 heterocycles. The van der Waals surface area contributed by atoms with Gasteiger partial charge in [-0.05, 0) is 32.0 Å². The Morgan fingerprint density at radius 1 is 1.00 bits per heavy atom. The number of aryl methyl sites for hydroxylation is 1. The van der Waals surface area contributed by atoms with E-state index in [1.165, 1.54) is 18.0 Å². The Balaban J connectivity index is 0.000000553. The third-order valence-electron chi connectivity index (χ3n) is 4.27. The fourth-order valence-corrected chi connectivity index (χ4v) is 2.54. The van der Waals surface area contributed by atoms with E-state index in [-0.39, 0.29) is 24.6 Å². The first-order valence-electron chi connectivity index (χ1n) is 11.0. The Kier molecular flexibility index (Phi) is 17.0. The van der Waals surface area contributed by atoms with Crippen LogP contribution in [0.3, 0.4) is 0 Å². The van der Waals surface area contributed by atoms with Crippen LogP contribution in [-0.4, -0.2) is 69.2 Å². The van der Waals surface area contributed by atoms with Crippen molar-refractivity contribution in [1.29, 1.82) is 0 Å². The summed E-state index contributed by atoms with van der Waals surface area (Å²) in [5.41, 5.74) is 8.00. The molecule has 0 radical (unpaired) electrons. The lowest BCUT2D eigenvalue weighted by molar-refractivity contribution is -0.572. The summed E-state index contributed by atoms with van der Waals surface area (Å²) in [6, 6.07) is 11.5. The maximum atomic E-state index is 10.4. The number of aromatic hydroxyl groups is 2. The quantitative estimate of drug-likeness (QED) is 0.109. The fourth-order valence-electron chi connectivity index (χ4n) is 2.54. The van der Waals surface area contributed by atoms with Crippen molar-refractivity contribution >= 4 is 11.9 Å². The largest absolute Gasteiger partial charge is 0.504 e. The van der Waals surface area contributed by atoms with E-state index < -0.39 is 18.0 Å². The number of phenolic OH excluding ortho intramolecular Hbond substituents is 2. The highest BCUT2D eigenvalue weighted by Crippen LogP contribution is 2.28. The number of carbonyl (C=O) groups is 2. The molecule has 2 rings (SSSR count). The topological polar surface area (TPSA) is 184 Å². The number of likely N-dealkylation sites (N-methyl/N-ethyl adjacent to an activating group) is 1. The van der Waals surface area contributed by atoms with Crippen LogP contribution in [0.5, 0.6) is 11.5 Å². The van der Waals surface area contributed by atoms with Gasteiger partial charge >= 0.3 is 11.9 Å². The van der Waals surface area contributed by atoms with Gasteiger partial charge in [0.1, 0.15) is 18.6 Å². The van der Waals surface area contributed by atoms with Crippen molar-refractivity contribution in [2.24, 2.45) is 5.73 Å². The minimum atomic E-state index is -0.958. The van der Waals surface area contributed by atoms with E-state index in [4.69, 9.17) is 15.9 Å². The fraction of sp³-hybridized carbons (Fsp3) is 0.280. The summed E-state index contributed by atoms with van der Waals surface area (Å²) in [6.45, 7) is 8.59. The van der Waals surface area contributed by atoms with Crippen LogP contribution in [0.25, 0.3) is 0 Å². The van der Waals surface area contributed by atoms with Crippen molar-refractivity contribution in [2.75, 3.05) is 20.6 Å². The van der Waals surface area contributed by atoms with Crippen LogP contribution < -0.4 is 5.73 Å². The molecule has 0 fully saturated rings. The molecule has 13 nitrogen and oxygen atoms in total. The first-order chi connectivity index (χ1) is 17.9. The first kappa shape index (κ1) is 33.9. The lowest BCUT2D eigenvalue weighted by Gasteiger charge is -2.15. The molecule has 210 valence electrons. The van der Waals surface area contributed by atoms with Gasteiger partial charge in [0.05, 0.1) is 6.54 Å². The molecule has 6 N–H and O–H groups in total. The Bertz CT molecular complexity index is 989. The van der Waals surface area contributed by atoms with E-state index in [1.54, 1.807) is 19.2 Å². The average molecular weight is 538 g/mol. The second-order valence-corrected chi connectivity index (χ2v) is 7.60. The highest BCUT2D eigenvalue weighted by Gasteiger charge is 2.11. The van der Waals surface area contributed by atoms with Crippen LogP contribution in [0, 0.1) is 6.92 Å². The van der Waals surface area contributed by atoms with Crippen LogP contribution in [0.1, 0.15) is 16.7 Å². The van der Waals surface area contributed by atoms with E-state index in [1.807, 2.05) is 31.2 Å². The van der Waals surface area contributed by atoms with E-state index in [2.05, 4.69) is 32.9 Å². The van der Waals surface area contributed by atoms with Crippen molar-refractivity contribution in [3.8, 4) is 11.5 Å². The number of hydroxylamine groups is 2. The van der Waals surface area contributed by atoms with Gasteiger partial charge in [0.25, 0.3) is 0 Å². The van der Waals surface area contributed by atoms with Gasteiger partial charge in [0.2, 0.25) is 0 Å². The van der Waals surface area contributed by atoms with Crippen molar-refractivity contribution in [1.82, 2.24) is 10.1 Å². The summed E-state index contributed by atoms with van der Waals surface area (Å²) >= 11 is 0. The van der Waals surface area contributed by atoms with Crippen molar-refractivity contribution in [2.45, 2.75) is 25.9 Å². The van der Waals surface area contributed by atoms with Crippen LogP contribution >= 0.6 is 0 Å². The first-order valence-corrected chi connectivity index (χ1v) is 11.0. The highest BCUT2D eigenvalue weighted by atomic mass is 17.4. The molecule has 0 aliphatic heterocycles. The van der Waals surface area contributed by atoms with Crippen molar-refractivity contribution < 1.29 is 49.8 Å². The van der Waals surface area contributed by atoms with Gasteiger partial charge in [-0.25, -0.2) is 0 Å². The number of nitrogens with zero attached hydrogens (tertiary/aromatic N) is 2. The zero-order chi connectivity index (χ0) is 29.1. The van der Waals surface area contributed by atoms with E-state index in [0.29, 0.717) is 12.0 Å². The summed E-state index contributed by atoms with van der Waals surface area (Å²) in [6.07, 6.45) is 2.57. The molecule has 1 atom stereocenters. The molecule has 13 heteroatoms. The van der Waals surface area contributed by atoms with Crippen LogP contribution in [0.2, 0.25) is 0 Å². The average Bonchev–Trinajstić information content (AvgIpc) is 2.86. The molecule has 0 saturated heterocycles. The molecular weight excluding hydrogens is 502 g/mol. The van der Waals surface area contributed by atoms with Crippen molar-refractivity contribution in [3.63, 3.8) is 0 Å². The van der Waals surface area contributed by atoms with Gasteiger partial charge < -0.3 is 35.9 Å². The molecule has 0 aromatic heterocycles. The Hall–Kier alpha value is -4.14. The van der Waals surface area contributed by atoms with Gasteiger partial charge in [0, 0.05) is 24.4 Å². The maximum absolute atomic E-state index is 10.4. The minimum absolute atomic E-state index is 0.116. The minimum Gasteiger partial charge on any atom is -0.504 e. The lowest BCUT2D eigenvalue weighted by atomic mass is 10.1. The number of benzene rings is 2. The Morgan fingerprint density at radius 2 is 1.55 bits per heavy atom. The lowest BCUT2D eigenvalue weighted by Crippen LogP contribution is -2.32. The van der Waals surface area contributed by atoms with Gasteiger partial charge in [0.15, 0.2) is 11.5 Å². The highest BCUT2D eigenvalue weighted by molar-refractivity contribution is 5.73. The number of carboxylic acid groups (broad SMARTS) is 2. The second-order valence-electron chi connectivity index (χ2n) is 7.60. The summed E-state index contributed by atoms with van der Waals surface area (Å²) in [5.74, 6) is -2.29. The number of para-hydroxylation sites is 1. The monoisotopic (exact) mass is 537 g/mol. The summed E-state index contributed by atoms with van der Waals surface area (Å²) in [4.78, 5) is 39.5. The van der Waals surface area contributed by atoms with Crippen LogP contribution in [0.4, 0.5) is 0 Å². The molecule has 0 bridgehead atoms. The molecule has 38 heavy (non-hydrogen) atoms. The van der Waals surface area contributed by atoms with Crippen LogP contribution in [-0.2, 0) is 42.3 Å². The van der Waals surface area contributed by atoms with Gasteiger partial charge in [-0.15, -0.1) is 0 Å². The number of nitrogens with two attached hydrogens (primary N) is 1. The zero-order valence-corrected chi connectivity index (χ0v) is 21.5. The van der Waals surface area contributed by atoms with Crippen LogP contribution in [0.15, 0.2) is 68.1 Å². The summed E-state index contributed by atoms with van der Waals surface area (Å²) < 4.78 is 0. The summed E-state index contributed by atoms with van der Waals surface area (Å²) in [7, 11) is 3.05. The second kappa shape index (κ2) is 19.0. The molecule has 0 saturated carbocycles. The molecule has 2 aromatic carbocycles. The molecular formula is C25H35N3O10. The Labute approximate surface area is 220 Å². The smallest absolute Gasteiger partial charge is 0.320 e. The number of rotatable bonds is 13. The maximum Gasteiger partial charge on any atom is 0.320 e. The number of aliphatic carboxylic acids is 2. The number of phenols is 2. The standard InChI is InChI=1S/C10H13NO4.C10H13NO2.C5H9NO4/c1-11(6-9(13)14)5-7-3-2-4-8(12)10(7)15;1-7-2-4-8(5-3-7)6-9(11)10(12)13;1-4-7-9-6(3)10-8-5-2/h2-4,12,15H,5-6H2,1H3,(H,13,14);2-5,9H,6,11H2,1H3,(H,12,13);4-5H,1-2H2,3H3. The predicted octanol–water partition coefficient (Wildman–Crippen LogP) is 2.50. The van der Waals surface area contributed by atoms with Crippen molar-refractivity contribution in [3.05, 3.63) is 84.8 Å². The molecule has 0 spiro atoms. The van der Waals surface area contributed by atoms with Gasteiger partial charge in [-0.2, -0.15) is 0 Å². The molecule has 0 aliphatic rings. The molecule has 0 aliphatic carbocycles. The van der Waals surface area contributed by atoms with E-state index >= 15 is 0 Å². The third kappa shape index (κ3) is 15.8. The number of carboxylic acids is 2. The SMILES string of the molecule is C=COON(C)OOC=C.CN(CC(=O)O)Cc1cccc(O)c1O.Cc1ccc(CC(N)C(=O)O)cc1. The summed E-state index contributed by atoms with van der Waals surface area (Å²) in [5, 5.41) is 36.6. The molecule has 1 unspecified atom stereocenters. The van der Waals surface area contributed by atoms with Gasteiger partial charge in [-0.3, -0.25) is 14.5 Å². The predicted molar refractivity (Wildman–Crippen MR) is 137 cm³/mol. The Morgan fingerprint density at radius 3 is 2.03 bits per heavy atom. The van der Waals surface area contributed by atoms with Gasteiger partial charge in [-0.1, -0.05) is 65.1 Å². The molecule has 0 amide bonds. The zero-order valence-electron chi connectivity index (χ0n) is 21.5.